The second kappa shape index (κ2) is 5.46. The predicted molar refractivity (Wildman–Crippen MR) is 71.7 cm³/mol. The zero-order chi connectivity index (χ0) is 14.9. The van der Waals surface area contributed by atoms with Crippen molar-refractivity contribution in [1.29, 1.82) is 0 Å². The van der Waals surface area contributed by atoms with Crippen LogP contribution >= 0.6 is 11.6 Å². The van der Waals surface area contributed by atoms with E-state index in [2.05, 4.69) is 0 Å². The van der Waals surface area contributed by atoms with E-state index in [1.165, 1.54) is 12.1 Å². The van der Waals surface area contributed by atoms with Crippen LogP contribution in [0.2, 0.25) is 5.02 Å². The molecule has 1 unspecified atom stereocenters. The van der Waals surface area contributed by atoms with Gasteiger partial charge < -0.3 is 5.11 Å². The fourth-order valence-corrected chi connectivity index (χ4v) is 2.24. The van der Waals surface area contributed by atoms with Gasteiger partial charge in [-0.25, -0.2) is 0 Å². The van der Waals surface area contributed by atoms with Gasteiger partial charge in [-0.05, 0) is 47.9 Å². The lowest BCUT2D eigenvalue weighted by Crippen LogP contribution is -2.08. The normalized spacial score (nSPS) is 13.3. The number of halogens is 4. The number of hydrogen-bond acceptors (Lipinski definition) is 1. The van der Waals surface area contributed by atoms with Crippen LogP contribution in [0.1, 0.15) is 28.4 Å². The van der Waals surface area contributed by atoms with E-state index < -0.39 is 17.8 Å². The molecule has 106 valence electrons. The van der Waals surface area contributed by atoms with Gasteiger partial charge in [0.2, 0.25) is 0 Å². The molecule has 5 heteroatoms. The lowest BCUT2D eigenvalue weighted by atomic mass is 9.96. The van der Waals surface area contributed by atoms with Gasteiger partial charge in [-0.1, -0.05) is 29.8 Å². The van der Waals surface area contributed by atoms with Crippen molar-refractivity contribution in [3.8, 4) is 0 Å². The minimum Gasteiger partial charge on any atom is -0.384 e. The molecule has 2 aromatic rings. The highest BCUT2D eigenvalue weighted by atomic mass is 35.5. The van der Waals surface area contributed by atoms with Crippen LogP contribution in [0.25, 0.3) is 0 Å². The minimum absolute atomic E-state index is 0.199. The molecule has 0 spiro atoms. The van der Waals surface area contributed by atoms with Gasteiger partial charge >= 0.3 is 6.18 Å². The van der Waals surface area contributed by atoms with Gasteiger partial charge in [-0.2, -0.15) is 13.2 Å². The maximum atomic E-state index is 12.7. The van der Waals surface area contributed by atoms with E-state index in [0.29, 0.717) is 10.6 Å². The molecule has 0 bridgehead atoms. The molecule has 0 aliphatic rings. The standard InChI is InChI=1S/C15H12ClF3O/c1-9-7-12(16)5-6-13(9)14(20)10-3-2-4-11(8-10)15(17,18)19/h2-8,14,20H,1H3. The average Bonchev–Trinajstić information content (AvgIpc) is 2.37. The zero-order valence-electron chi connectivity index (χ0n) is 10.6. The predicted octanol–water partition coefficient (Wildman–Crippen LogP) is 4.75. The molecule has 0 saturated carbocycles. The number of aliphatic hydroxyl groups excluding tert-OH is 1. The number of aliphatic hydroxyl groups is 1. The third kappa shape index (κ3) is 3.14. The van der Waals surface area contributed by atoms with Crippen molar-refractivity contribution >= 4 is 11.6 Å². The van der Waals surface area contributed by atoms with Crippen molar-refractivity contribution in [2.75, 3.05) is 0 Å². The molecule has 0 fully saturated rings. The molecule has 1 N–H and O–H groups in total. The molecular formula is C15H12ClF3O. The van der Waals surface area contributed by atoms with Crippen LogP contribution < -0.4 is 0 Å². The van der Waals surface area contributed by atoms with Crippen LogP contribution in [0.15, 0.2) is 42.5 Å². The number of alkyl halides is 3. The molecule has 2 aromatic carbocycles. The second-order valence-electron chi connectivity index (χ2n) is 4.53. The Morgan fingerprint density at radius 2 is 1.80 bits per heavy atom. The van der Waals surface area contributed by atoms with Gasteiger partial charge in [-0.3, -0.25) is 0 Å². The van der Waals surface area contributed by atoms with Crippen LogP contribution in [-0.4, -0.2) is 5.11 Å². The summed E-state index contributed by atoms with van der Waals surface area (Å²) in [5, 5.41) is 10.8. The summed E-state index contributed by atoms with van der Waals surface area (Å²) in [5.41, 5.74) is 0.682. The Kier molecular flexibility index (Phi) is 4.06. The monoisotopic (exact) mass is 300 g/mol. The molecule has 1 atom stereocenters. The number of hydrogen-bond donors (Lipinski definition) is 1. The van der Waals surface area contributed by atoms with Gasteiger partial charge in [0.15, 0.2) is 0 Å². The SMILES string of the molecule is Cc1cc(Cl)ccc1C(O)c1cccc(C(F)(F)F)c1. The fourth-order valence-electron chi connectivity index (χ4n) is 2.01. The maximum absolute atomic E-state index is 12.7. The molecule has 20 heavy (non-hydrogen) atoms. The second-order valence-corrected chi connectivity index (χ2v) is 4.96. The highest BCUT2D eigenvalue weighted by Gasteiger charge is 2.31. The van der Waals surface area contributed by atoms with Crippen molar-refractivity contribution in [2.45, 2.75) is 19.2 Å². The summed E-state index contributed by atoms with van der Waals surface area (Å²) in [5.74, 6) is 0. The van der Waals surface area contributed by atoms with Crippen molar-refractivity contribution in [3.63, 3.8) is 0 Å². The van der Waals surface area contributed by atoms with Gasteiger partial charge in [0.1, 0.15) is 6.10 Å². The van der Waals surface area contributed by atoms with Crippen LogP contribution in [-0.2, 0) is 6.18 Å². The lowest BCUT2D eigenvalue weighted by molar-refractivity contribution is -0.137. The fraction of sp³-hybridized carbons (Fsp3) is 0.200. The number of aryl methyl sites for hydroxylation is 1. The van der Waals surface area contributed by atoms with E-state index in [1.54, 1.807) is 25.1 Å². The molecule has 0 aliphatic carbocycles. The Hall–Kier alpha value is -1.52. The Morgan fingerprint density at radius 1 is 1.10 bits per heavy atom. The highest BCUT2D eigenvalue weighted by molar-refractivity contribution is 6.30. The molecule has 0 saturated heterocycles. The van der Waals surface area contributed by atoms with E-state index in [1.807, 2.05) is 0 Å². The topological polar surface area (TPSA) is 20.2 Å². The van der Waals surface area contributed by atoms with Gasteiger partial charge in [0.25, 0.3) is 0 Å². The Labute approximate surface area is 119 Å². The molecule has 2 rings (SSSR count). The van der Waals surface area contributed by atoms with Crippen molar-refractivity contribution < 1.29 is 18.3 Å². The van der Waals surface area contributed by atoms with Gasteiger partial charge in [0, 0.05) is 5.02 Å². The largest absolute Gasteiger partial charge is 0.416 e. The van der Waals surface area contributed by atoms with E-state index >= 15 is 0 Å². The third-order valence-corrected chi connectivity index (χ3v) is 3.29. The Balaban J connectivity index is 2.41. The highest BCUT2D eigenvalue weighted by Crippen LogP contribution is 2.33. The number of benzene rings is 2. The summed E-state index contributed by atoms with van der Waals surface area (Å²) < 4.78 is 38.0. The summed E-state index contributed by atoms with van der Waals surface area (Å²) in [6.45, 7) is 1.75. The summed E-state index contributed by atoms with van der Waals surface area (Å²) >= 11 is 5.82. The third-order valence-electron chi connectivity index (χ3n) is 3.06. The molecule has 0 heterocycles. The first-order chi connectivity index (χ1) is 9.29. The quantitative estimate of drug-likeness (QED) is 0.848. The summed E-state index contributed by atoms with van der Waals surface area (Å²) in [6, 6.07) is 9.56. The van der Waals surface area contributed by atoms with E-state index in [4.69, 9.17) is 11.6 Å². The molecule has 0 aliphatic heterocycles. The first-order valence-corrected chi connectivity index (χ1v) is 6.28. The lowest BCUT2D eigenvalue weighted by Gasteiger charge is -2.16. The maximum Gasteiger partial charge on any atom is 0.416 e. The van der Waals surface area contributed by atoms with E-state index in [-0.39, 0.29) is 5.56 Å². The van der Waals surface area contributed by atoms with Crippen LogP contribution in [0.3, 0.4) is 0 Å². The summed E-state index contributed by atoms with van der Waals surface area (Å²) in [6.07, 6.45) is -5.54. The van der Waals surface area contributed by atoms with Crippen LogP contribution in [0, 0.1) is 6.92 Å². The minimum atomic E-state index is -4.43. The molecule has 0 amide bonds. The van der Waals surface area contributed by atoms with E-state index in [9.17, 15) is 18.3 Å². The smallest absolute Gasteiger partial charge is 0.384 e. The average molecular weight is 301 g/mol. The van der Waals surface area contributed by atoms with Crippen molar-refractivity contribution in [3.05, 3.63) is 69.7 Å². The van der Waals surface area contributed by atoms with Gasteiger partial charge in [-0.15, -0.1) is 0 Å². The first-order valence-electron chi connectivity index (χ1n) is 5.90. The first kappa shape index (κ1) is 14.9. The Morgan fingerprint density at radius 3 is 2.40 bits per heavy atom. The molecule has 0 aromatic heterocycles. The summed E-state index contributed by atoms with van der Waals surface area (Å²) in [7, 11) is 0. The van der Waals surface area contributed by atoms with Gasteiger partial charge in [0.05, 0.1) is 5.56 Å². The summed E-state index contributed by atoms with van der Waals surface area (Å²) in [4.78, 5) is 0. The van der Waals surface area contributed by atoms with Crippen LogP contribution in [0.4, 0.5) is 13.2 Å². The Bertz CT molecular complexity index is 623. The van der Waals surface area contributed by atoms with E-state index in [0.717, 1.165) is 17.7 Å². The van der Waals surface area contributed by atoms with Crippen molar-refractivity contribution in [2.24, 2.45) is 0 Å². The zero-order valence-corrected chi connectivity index (χ0v) is 11.3. The molecular weight excluding hydrogens is 289 g/mol. The van der Waals surface area contributed by atoms with Crippen LogP contribution in [0.5, 0.6) is 0 Å². The van der Waals surface area contributed by atoms with Crippen molar-refractivity contribution in [1.82, 2.24) is 0 Å². The number of rotatable bonds is 2. The molecule has 0 radical (unpaired) electrons. The molecule has 1 nitrogen and oxygen atoms in total.